The summed E-state index contributed by atoms with van der Waals surface area (Å²) in [6.07, 6.45) is 4.57. The zero-order valence-corrected chi connectivity index (χ0v) is 17.9. The van der Waals surface area contributed by atoms with E-state index in [1.807, 2.05) is 0 Å². The summed E-state index contributed by atoms with van der Waals surface area (Å²) in [6.45, 7) is 0. The molecule has 2 heterocycles. The van der Waals surface area contributed by atoms with Crippen molar-refractivity contribution in [3.63, 3.8) is 0 Å². The first kappa shape index (κ1) is 21.0. The maximum atomic E-state index is 12.6. The van der Waals surface area contributed by atoms with Crippen LogP contribution in [0.15, 0.2) is 78.1 Å². The maximum absolute atomic E-state index is 12.6. The smallest absolute Gasteiger partial charge is 0.263 e. The molecule has 0 saturated carbocycles. The van der Waals surface area contributed by atoms with E-state index in [0.29, 0.717) is 16.3 Å². The van der Waals surface area contributed by atoms with Crippen LogP contribution in [0.4, 0.5) is 5.82 Å². The summed E-state index contributed by atoms with van der Waals surface area (Å²) in [4.78, 5) is -0.0508. The molecule has 11 heteroatoms. The summed E-state index contributed by atoms with van der Waals surface area (Å²) >= 11 is 12.5. The van der Waals surface area contributed by atoms with Gasteiger partial charge in [0.15, 0.2) is 5.82 Å². The van der Waals surface area contributed by atoms with E-state index in [2.05, 4.69) is 25.1 Å². The van der Waals surface area contributed by atoms with Crippen molar-refractivity contribution in [3.05, 3.63) is 83.2 Å². The third-order valence-electron chi connectivity index (χ3n) is 4.08. The highest BCUT2D eigenvalue weighted by molar-refractivity contribution is 7.92. The first-order valence-electron chi connectivity index (χ1n) is 8.77. The monoisotopic (exact) mass is 473 g/mol. The van der Waals surface area contributed by atoms with Crippen molar-refractivity contribution in [2.45, 2.75) is 4.90 Å². The molecule has 0 unspecified atom stereocenters. The minimum atomic E-state index is -3.91. The van der Waals surface area contributed by atoms with Crippen molar-refractivity contribution in [1.82, 2.24) is 20.4 Å². The standard InChI is InChI=1S/C20H13Cl2N5O3S/c21-14-3-5-18(16(10-14)13-7-9-23-25-12-13)30-19-6-4-15(11-17(19)22)31(28,29)27-20-2-1-8-24-26-20/h1-12H,(H,26,27). The fourth-order valence-corrected chi connectivity index (χ4v) is 4.15. The highest BCUT2D eigenvalue weighted by Gasteiger charge is 2.18. The van der Waals surface area contributed by atoms with Crippen molar-refractivity contribution in [3.8, 4) is 22.6 Å². The molecule has 0 fully saturated rings. The van der Waals surface area contributed by atoms with E-state index in [1.165, 1.54) is 30.5 Å². The molecular weight excluding hydrogens is 461 g/mol. The van der Waals surface area contributed by atoms with Crippen LogP contribution in [0.5, 0.6) is 11.5 Å². The van der Waals surface area contributed by atoms with E-state index in [1.54, 1.807) is 42.7 Å². The van der Waals surface area contributed by atoms with E-state index in [-0.39, 0.29) is 21.5 Å². The zero-order chi connectivity index (χ0) is 21.8. The molecule has 0 bridgehead atoms. The van der Waals surface area contributed by atoms with Gasteiger partial charge in [0.2, 0.25) is 0 Å². The summed E-state index contributed by atoms with van der Waals surface area (Å²) in [5, 5.41) is 15.6. The molecule has 0 aliphatic carbocycles. The minimum absolute atomic E-state index is 0.0508. The molecule has 156 valence electrons. The van der Waals surface area contributed by atoms with Crippen LogP contribution in [0, 0.1) is 0 Å². The van der Waals surface area contributed by atoms with Crippen molar-refractivity contribution in [2.24, 2.45) is 0 Å². The third kappa shape index (κ3) is 4.91. The predicted molar refractivity (Wildman–Crippen MR) is 117 cm³/mol. The second kappa shape index (κ2) is 8.84. The number of ether oxygens (including phenoxy) is 1. The predicted octanol–water partition coefficient (Wildman–Crippen LogP) is 4.83. The summed E-state index contributed by atoms with van der Waals surface area (Å²) in [7, 11) is -3.91. The molecule has 1 N–H and O–H groups in total. The topological polar surface area (TPSA) is 107 Å². The van der Waals surface area contributed by atoms with Gasteiger partial charge in [0, 0.05) is 22.3 Å². The number of nitrogens with zero attached hydrogens (tertiary/aromatic N) is 4. The fraction of sp³-hybridized carbons (Fsp3) is 0. The molecule has 2 aromatic carbocycles. The Morgan fingerprint density at radius 3 is 2.42 bits per heavy atom. The Morgan fingerprint density at radius 2 is 1.71 bits per heavy atom. The third-order valence-corrected chi connectivity index (χ3v) is 5.96. The van der Waals surface area contributed by atoms with E-state index in [0.717, 1.165) is 5.56 Å². The number of sulfonamides is 1. The zero-order valence-electron chi connectivity index (χ0n) is 15.6. The van der Waals surface area contributed by atoms with E-state index in [4.69, 9.17) is 27.9 Å². The lowest BCUT2D eigenvalue weighted by molar-refractivity contribution is 0.484. The molecule has 0 radical (unpaired) electrons. The molecule has 0 aliphatic rings. The molecule has 8 nitrogen and oxygen atoms in total. The van der Waals surface area contributed by atoms with Crippen LogP contribution >= 0.6 is 23.2 Å². The first-order chi connectivity index (χ1) is 14.9. The molecular formula is C20H13Cl2N5O3S. The number of aromatic nitrogens is 4. The van der Waals surface area contributed by atoms with E-state index >= 15 is 0 Å². The summed E-state index contributed by atoms with van der Waals surface area (Å²) in [5.74, 6) is 0.828. The van der Waals surface area contributed by atoms with Gasteiger partial charge in [0.05, 0.1) is 22.3 Å². The summed E-state index contributed by atoms with van der Waals surface area (Å²) < 4.78 is 33.5. The van der Waals surface area contributed by atoms with Crippen LogP contribution in [0.25, 0.3) is 11.1 Å². The molecule has 4 rings (SSSR count). The van der Waals surface area contributed by atoms with Crippen LogP contribution in [0.1, 0.15) is 0 Å². The number of rotatable bonds is 6. The Balaban J connectivity index is 1.63. The largest absolute Gasteiger partial charge is 0.455 e. The lowest BCUT2D eigenvalue weighted by atomic mass is 10.1. The minimum Gasteiger partial charge on any atom is -0.455 e. The number of anilines is 1. The fourth-order valence-electron chi connectivity index (χ4n) is 2.67. The number of benzene rings is 2. The van der Waals surface area contributed by atoms with Crippen LogP contribution in [0.3, 0.4) is 0 Å². The van der Waals surface area contributed by atoms with Gasteiger partial charge >= 0.3 is 0 Å². The molecule has 0 amide bonds. The first-order valence-corrected chi connectivity index (χ1v) is 11.0. The van der Waals surface area contributed by atoms with Crippen LogP contribution in [-0.4, -0.2) is 28.8 Å². The van der Waals surface area contributed by atoms with E-state index < -0.39 is 10.0 Å². The Kier molecular flexibility index (Phi) is 5.99. The SMILES string of the molecule is O=S(=O)(Nc1cccnn1)c1ccc(Oc2ccc(Cl)cc2-c2ccnnc2)c(Cl)c1. The lowest BCUT2D eigenvalue weighted by Gasteiger charge is -2.14. The van der Waals surface area contributed by atoms with Crippen LogP contribution in [0.2, 0.25) is 10.0 Å². The quantitative estimate of drug-likeness (QED) is 0.426. The Bertz CT molecular complexity index is 1320. The van der Waals surface area contributed by atoms with Crippen molar-refractivity contribution in [2.75, 3.05) is 4.72 Å². The number of hydrogen-bond donors (Lipinski definition) is 1. The molecule has 2 aromatic heterocycles. The van der Waals surface area contributed by atoms with Crippen molar-refractivity contribution >= 4 is 39.0 Å². The second-order valence-corrected chi connectivity index (χ2v) is 8.71. The van der Waals surface area contributed by atoms with Gasteiger partial charge in [0.1, 0.15) is 11.5 Å². The maximum Gasteiger partial charge on any atom is 0.263 e. The highest BCUT2D eigenvalue weighted by Crippen LogP contribution is 2.38. The summed E-state index contributed by atoms with van der Waals surface area (Å²) in [5.41, 5.74) is 1.43. The average molecular weight is 474 g/mol. The number of nitrogens with one attached hydrogen (secondary N) is 1. The van der Waals surface area contributed by atoms with Gasteiger partial charge in [-0.3, -0.25) is 4.72 Å². The summed E-state index contributed by atoms with van der Waals surface area (Å²) in [6, 6.07) is 14.0. The highest BCUT2D eigenvalue weighted by atomic mass is 35.5. The Labute approximate surface area is 187 Å². The van der Waals surface area contributed by atoms with Crippen molar-refractivity contribution < 1.29 is 13.2 Å². The Hall–Kier alpha value is -3.27. The van der Waals surface area contributed by atoms with Gasteiger partial charge in [-0.15, -0.1) is 5.10 Å². The molecule has 0 spiro atoms. The number of hydrogen-bond acceptors (Lipinski definition) is 7. The van der Waals surface area contributed by atoms with Gasteiger partial charge in [-0.05, 0) is 54.6 Å². The molecule has 0 aliphatic heterocycles. The lowest BCUT2D eigenvalue weighted by Crippen LogP contribution is -2.14. The average Bonchev–Trinajstić information content (AvgIpc) is 2.77. The van der Waals surface area contributed by atoms with Crippen LogP contribution < -0.4 is 9.46 Å². The molecule has 0 atom stereocenters. The molecule has 31 heavy (non-hydrogen) atoms. The van der Waals surface area contributed by atoms with Gasteiger partial charge in [-0.1, -0.05) is 23.2 Å². The van der Waals surface area contributed by atoms with Gasteiger partial charge < -0.3 is 4.74 Å². The van der Waals surface area contributed by atoms with Gasteiger partial charge in [0.25, 0.3) is 10.0 Å². The normalized spacial score (nSPS) is 11.2. The number of halogens is 2. The van der Waals surface area contributed by atoms with Crippen molar-refractivity contribution in [1.29, 1.82) is 0 Å². The van der Waals surface area contributed by atoms with Gasteiger partial charge in [-0.2, -0.15) is 15.3 Å². The molecule has 0 saturated heterocycles. The Morgan fingerprint density at radius 1 is 0.871 bits per heavy atom. The second-order valence-electron chi connectivity index (χ2n) is 6.18. The van der Waals surface area contributed by atoms with Gasteiger partial charge in [-0.25, -0.2) is 8.42 Å². The van der Waals surface area contributed by atoms with Crippen LogP contribution in [-0.2, 0) is 10.0 Å². The van der Waals surface area contributed by atoms with E-state index in [9.17, 15) is 8.42 Å². The molecule has 4 aromatic rings.